The van der Waals surface area contributed by atoms with Crippen LogP contribution in [-0.2, 0) is 11.3 Å². The second-order valence-corrected chi connectivity index (χ2v) is 5.83. The zero-order valence-corrected chi connectivity index (χ0v) is 12.6. The highest BCUT2D eigenvalue weighted by atomic mass is 16.1. The van der Waals surface area contributed by atoms with Crippen molar-refractivity contribution in [2.24, 2.45) is 5.73 Å². The third-order valence-electron chi connectivity index (χ3n) is 4.35. The highest BCUT2D eigenvalue weighted by molar-refractivity contribution is 5.81. The summed E-state index contributed by atoms with van der Waals surface area (Å²) in [7, 11) is 0. The molecule has 1 saturated heterocycles. The smallest absolute Gasteiger partial charge is 0.239 e. The van der Waals surface area contributed by atoms with Crippen LogP contribution >= 0.6 is 0 Å². The lowest BCUT2D eigenvalue weighted by atomic mass is 9.96. The van der Waals surface area contributed by atoms with Crippen LogP contribution in [0.4, 0.5) is 0 Å². The van der Waals surface area contributed by atoms with Gasteiger partial charge in [0.05, 0.1) is 6.54 Å². The molecule has 1 fully saturated rings. The fraction of sp³-hybridized carbons (Fsp3) is 0.412. The SMILES string of the molecule is NC(=O)[C@@H](c1ccccc1)N1CCCC[C@@H]1Cn1cccn1. The molecule has 0 bridgehead atoms. The molecule has 5 nitrogen and oxygen atoms in total. The van der Waals surface area contributed by atoms with Crippen molar-refractivity contribution in [3.63, 3.8) is 0 Å². The molecule has 0 saturated carbocycles. The lowest BCUT2D eigenvalue weighted by Crippen LogP contribution is -2.48. The van der Waals surface area contributed by atoms with Gasteiger partial charge < -0.3 is 5.73 Å². The molecule has 2 heterocycles. The molecule has 1 aromatic carbocycles. The fourth-order valence-corrected chi connectivity index (χ4v) is 3.34. The Hall–Kier alpha value is -2.14. The topological polar surface area (TPSA) is 64.2 Å². The number of amides is 1. The van der Waals surface area contributed by atoms with E-state index in [1.54, 1.807) is 6.20 Å². The average molecular weight is 298 g/mol. The second kappa shape index (κ2) is 6.75. The van der Waals surface area contributed by atoms with E-state index < -0.39 is 0 Å². The quantitative estimate of drug-likeness (QED) is 0.918. The summed E-state index contributed by atoms with van der Waals surface area (Å²) in [5, 5.41) is 4.30. The van der Waals surface area contributed by atoms with Crippen LogP contribution in [-0.4, -0.2) is 33.2 Å². The number of hydrogen-bond donors (Lipinski definition) is 1. The molecule has 116 valence electrons. The van der Waals surface area contributed by atoms with Crippen LogP contribution < -0.4 is 5.73 Å². The van der Waals surface area contributed by atoms with Crippen molar-refractivity contribution in [3.8, 4) is 0 Å². The predicted molar refractivity (Wildman–Crippen MR) is 84.9 cm³/mol. The van der Waals surface area contributed by atoms with Crippen LogP contribution in [0.25, 0.3) is 0 Å². The van der Waals surface area contributed by atoms with Crippen molar-refractivity contribution in [2.45, 2.75) is 37.9 Å². The lowest BCUT2D eigenvalue weighted by Gasteiger charge is -2.40. The molecule has 0 aliphatic carbocycles. The standard InChI is InChI=1S/C17H22N4O/c18-17(22)16(14-7-2-1-3-8-14)21-12-5-4-9-15(21)13-20-11-6-10-19-20/h1-3,6-8,10-11,15-16H,4-5,9,12-13H2,(H2,18,22)/t15-,16-/m1/s1. The molecule has 1 amide bonds. The van der Waals surface area contributed by atoms with E-state index in [1.807, 2.05) is 47.3 Å². The summed E-state index contributed by atoms with van der Waals surface area (Å²) < 4.78 is 1.94. The van der Waals surface area contributed by atoms with E-state index >= 15 is 0 Å². The van der Waals surface area contributed by atoms with Crippen LogP contribution in [0.5, 0.6) is 0 Å². The number of primary amides is 1. The number of benzene rings is 1. The van der Waals surface area contributed by atoms with Gasteiger partial charge in [0.15, 0.2) is 0 Å². The van der Waals surface area contributed by atoms with E-state index in [-0.39, 0.29) is 18.0 Å². The lowest BCUT2D eigenvalue weighted by molar-refractivity contribution is -0.125. The number of aromatic nitrogens is 2. The molecule has 0 spiro atoms. The van der Waals surface area contributed by atoms with Gasteiger partial charge >= 0.3 is 0 Å². The number of carbonyl (C=O) groups excluding carboxylic acids is 1. The van der Waals surface area contributed by atoms with Gasteiger partial charge in [0, 0.05) is 18.4 Å². The fourth-order valence-electron chi connectivity index (χ4n) is 3.34. The van der Waals surface area contributed by atoms with E-state index in [2.05, 4.69) is 10.00 Å². The molecule has 3 rings (SSSR count). The minimum Gasteiger partial charge on any atom is -0.368 e. The van der Waals surface area contributed by atoms with Crippen molar-refractivity contribution < 1.29 is 4.79 Å². The number of nitrogens with zero attached hydrogens (tertiary/aromatic N) is 3. The third kappa shape index (κ3) is 3.20. The summed E-state index contributed by atoms with van der Waals surface area (Å²) in [6.45, 7) is 1.69. The number of rotatable bonds is 5. The molecule has 2 atom stereocenters. The van der Waals surface area contributed by atoms with Gasteiger partial charge in [0.1, 0.15) is 6.04 Å². The Morgan fingerprint density at radius 3 is 2.77 bits per heavy atom. The Morgan fingerprint density at radius 2 is 2.09 bits per heavy atom. The first kappa shape index (κ1) is 14.8. The van der Waals surface area contributed by atoms with E-state index in [1.165, 1.54) is 6.42 Å². The van der Waals surface area contributed by atoms with Crippen LogP contribution in [0.3, 0.4) is 0 Å². The van der Waals surface area contributed by atoms with Crippen LogP contribution in [0, 0.1) is 0 Å². The largest absolute Gasteiger partial charge is 0.368 e. The first-order valence-electron chi connectivity index (χ1n) is 7.83. The number of likely N-dealkylation sites (tertiary alicyclic amines) is 1. The van der Waals surface area contributed by atoms with E-state index in [4.69, 9.17) is 5.73 Å². The Labute approximate surface area is 130 Å². The maximum Gasteiger partial charge on any atom is 0.239 e. The van der Waals surface area contributed by atoms with Crippen molar-refractivity contribution in [2.75, 3.05) is 6.54 Å². The second-order valence-electron chi connectivity index (χ2n) is 5.83. The summed E-state index contributed by atoms with van der Waals surface area (Å²) >= 11 is 0. The van der Waals surface area contributed by atoms with Crippen LogP contribution in [0.15, 0.2) is 48.8 Å². The average Bonchev–Trinajstić information content (AvgIpc) is 3.03. The van der Waals surface area contributed by atoms with Gasteiger partial charge in [0.2, 0.25) is 5.91 Å². The van der Waals surface area contributed by atoms with Crippen LogP contribution in [0.1, 0.15) is 30.9 Å². The monoisotopic (exact) mass is 298 g/mol. The first-order valence-corrected chi connectivity index (χ1v) is 7.83. The highest BCUT2D eigenvalue weighted by Crippen LogP contribution is 2.29. The van der Waals surface area contributed by atoms with Crippen molar-refractivity contribution in [1.29, 1.82) is 0 Å². The van der Waals surface area contributed by atoms with Crippen molar-refractivity contribution in [1.82, 2.24) is 14.7 Å². The normalized spacial score (nSPS) is 20.6. The van der Waals surface area contributed by atoms with Crippen LogP contribution in [0.2, 0.25) is 0 Å². The zero-order chi connectivity index (χ0) is 15.4. The molecule has 2 N–H and O–H groups in total. The molecular weight excluding hydrogens is 276 g/mol. The molecular formula is C17H22N4O. The minimum atomic E-state index is -0.359. The van der Waals surface area contributed by atoms with E-state index in [0.717, 1.165) is 31.5 Å². The molecule has 0 radical (unpaired) electrons. The predicted octanol–water partition coefficient (Wildman–Crippen LogP) is 1.96. The van der Waals surface area contributed by atoms with E-state index in [0.29, 0.717) is 0 Å². The summed E-state index contributed by atoms with van der Waals surface area (Å²) in [4.78, 5) is 14.4. The number of hydrogen-bond acceptors (Lipinski definition) is 3. The summed E-state index contributed by atoms with van der Waals surface area (Å²) in [6.07, 6.45) is 7.11. The van der Waals surface area contributed by atoms with Gasteiger partial charge in [-0.15, -0.1) is 0 Å². The van der Waals surface area contributed by atoms with Gasteiger partial charge in [-0.1, -0.05) is 36.8 Å². The van der Waals surface area contributed by atoms with E-state index in [9.17, 15) is 4.79 Å². The Balaban J connectivity index is 1.85. The molecule has 5 heteroatoms. The summed E-state index contributed by atoms with van der Waals surface area (Å²) in [5.74, 6) is -0.279. The maximum atomic E-state index is 12.1. The molecule has 2 aromatic rings. The number of nitrogens with two attached hydrogens (primary N) is 1. The molecule has 22 heavy (non-hydrogen) atoms. The Kier molecular flexibility index (Phi) is 4.53. The number of piperidine rings is 1. The van der Waals surface area contributed by atoms with Gasteiger partial charge in [-0.25, -0.2) is 0 Å². The maximum absolute atomic E-state index is 12.1. The highest BCUT2D eigenvalue weighted by Gasteiger charge is 2.33. The van der Waals surface area contributed by atoms with Crippen molar-refractivity contribution in [3.05, 3.63) is 54.4 Å². The van der Waals surface area contributed by atoms with Gasteiger partial charge in [-0.2, -0.15) is 5.10 Å². The molecule has 1 aromatic heterocycles. The van der Waals surface area contributed by atoms with Gasteiger partial charge in [-0.3, -0.25) is 14.4 Å². The third-order valence-corrected chi connectivity index (χ3v) is 4.35. The Morgan fingerprint density at radius 1 is 1.27 bits per heavy atom. The van der Waals surface area contributed by atoms with Gasteiger partial charge in [0.25, 0.3) is 0 Å². The van der Waals surface area contributed by atoms with Gasteiger partial charge in [-0.05, 0) is 31.0 Å². The minimum absolute atomic E-state index is 0.279. The summed E-state index contributed by atoms with van der Waals surface area (Å²) in [5.41, 5.74) is 6.71. The zero-order valence-electron chi connectivity index (χ0n) is 12.6. The molecule has 1 aliphatic heterocycles. The Bertz CT molecular complexity index is 596. The van der Waals surface area contributed by atoms with Crippen molar-refractivity contribution >= 4 is 5.91 Å². The molecule has 1 aliphatic rings. The first-order chi connectivity index (χ1) is 10.8. The summed E-state index contributed by atoms with van der Waals surface area (Å²) in [6, 6.07) is 11.7. The number of carbonyl (C=O) groups is 1. The molecule has 0 unspecified atom stereocenters.